The zero-order chi connectivity index (χ0) is 13.6. The minimum atomic E-state index is -1.15. The number of halogens is 1. The maximum absolute atomic E-state index is 13.2. The highest BCUT2D eigenvalue weighted by Gasteiger charge is 2.49. The van der Waals surface area contributed by atoms with E-state index >= 15 is 0 Å². The lowest BCUT2D eigenvalue weighted by Gasteiger charge is -2.37. The van der Waals surface area contributed by atoms with Crippen molar-refractivity contribution in [1.29, 1.82) is 0 Å². The third-order valence-corrected chi connectivity index (χ3v) is 4.93. The van der Waals surface area contributed by atoms with Gasteiger partial charge in [-0.25, -0.2) is 4.39 Å². The van der Waals surface area contributed by atoms with Gasteiger partial charge in [-0.15, -0.1) is 0 Å². The molecule has 0 aromatic carbocycles. The number of aliphatic hydroxyl groups is 3. The van der Waals surface area contributed by atoms with Crippen molar-refractivity contribution in [1.82, 2.24) is 4.90 Å². The van der Waals surface area contributed by atoms with Crippen molar-refractivity contribution in [2.45, 2.75) is 42.4 Å². The van der Waals surface area contributed by atoms with Crippen LogP contribution in [0.5, 0.6) is 0 Å². The number of fused-ring (bicyclic) bond motifs is 1. The van der Waals surface area contributed by atoms with Crippen LogP contribution in [0.25, 0.3) is 0 Å². The van der Waals surface area contributed by atoms with E-state index in [4.69, 9.17) is 9.84 Å². The van der Waals surface area contributed by atoms with Crippen LogP contribution >= 0.6 is 11.8 Å². The van der Waals surface area contributed by atoms with E-state index in [1.807, 2.05) is 4.90 Å². The SMILES string of the molecule is OC[C@H]1O[C@@H]2SC(N3CC[C@H](F)C3)=N[C@@H]2[C@@H](O)[C@H]1O. The van der Waals surface area contributed by atoms with Crippen molar-refractivity contribution in [2.75, 3.05) is 19.7 Å². The van der Waals surface area contributed by atoms with E-state index in [0.29, 0.717) is 24.7 Å². The Hall–Kier alpha value is -0.410. The molecule has 2 fully saturated rings. The highest BCUT2D eigenvalue weighted by atomic mass is 32.2. The maximum Gasteiger partial charge on any atom is 0.162 e. The summed E-state index contributed by atoms with van der Waals surface area (Å²) in [5.41, 5.74) is -0.427. The van der Waals surface area contributed by atoms with E-state index in [-0.39, 0.29) is 6.61 Å². The number of nitrogens with zero attached hydrogens (tertiary/aromatic N) is 2. The molecule has 2 saturated heterocycles. The van der Waals surface area contributed by atoms with Crippen molar-refractivity contribution in [2.24, 2.45) is 4.99 Å². The summed E-state index contributed by atoms with van der Waals surface area (Å²) in [5.74, 6) is 0. The predicted octanol–water partition coefficient (Wildman–Crippen LogP) is -1.06. The Labute approximate surface area is 114 Å². The quantitative estimate of drug-likeness (QED) is 0.571. The Morgan fingerprint density at radius 3 is 2.84 bits per heavy atom. The Bertz CT molecular complexity index is 386. The molecule has 3 N–H and O–H groups in total. The minimum absolute atomic E-state index is 0.313. The van der Waals surface area contributed by atoms with Gasteiger partial charge in [0.05, 0.1) is 13.2 Å². The number of alkyl halides is 1. The molecule has 108 valence electrons. The molecule has 0 saturated carbocycles. The molecule has 0 spiro atoms. The normalized spacial score (nSPS) is 46.3. The fraction of sp³-hybridized carbons (Fsp3) is 0.909. The Morgan fingerprint density at radius 1 is 1.42 bits per heavy atom. The second-order valence-electron chi connectivity index (χ2n) is 5.06. The summed E-state index contributed by atoms with van der Waals surface area (Å²) < 4.78 is 18.7. The van der Waals surface area contributed by atoms with Gasteiger partial charge >= 0.3 is 0 Å². The van der Waals surface area contributed by atoms with Crippen LogP contribution < -0.4 is 0 Å². The van der Waals surface area contributed by atoms with Crippen LogP contribution in [0.3, 0.4) is 0 Å². The van der Waals surface area contributed by atoms with Gasteiger partial charge in [-0.05, 0) is 6.42 Å². The molecule has 3 aliphatic heterocycles. The molecule has 0 bridgehead atoms. The van der Waals surface area contributed by atoms with Gasteiger partial charge in [0.25, 0.3) is 0 Å². The number of hydrogen-bond donors (Lipinski definition) is 3. The fourth-order valence-electron chi connectivity index (χ4n) is 2.61. The van der Waals surface area contributed by atoms with Crippen LogP contribution in [0.1, 0.15) is 6.42 Å². The summed E-state index contributed by atoms with van der Waals surface area (Å²) in [6.07, 6.45) is -3.37. The number of likely N-dealkylation sites (tertiary alicyclic amines) is 1. The van der Waals surface area contributed by atoms with Crippen LogP contribution in [0.2, 0.25) is 0 Å². The van der Waals surface area contributed by atoms with Gasteiger partial charge < -0.3 is 25.0 Å². The summed E-state index contributed by atoms with van der Waals surface area (Å²) in [5, 5.41) is 29.6. The first kappa shape index (κ1) is 13.6. The molecule has 0 aromatic heterocycles. The van der Waals surface area contributed by atoms with Crippen molar-refractivity contribution in [3.8, 4) is 0 Å². The molecule has 8 heteroatoms. The number of thioether (sulfide) groups is 1. The summed E-state index contributed by atoms with van der Waals surface area (Å²) in [6, 6.07) is -0.559. The van der Waals surface area contributed by atoms with Gasteiger partial charge in [-0.2, -0.15) is 0 Å². The number of ether oxygens (including phenoxy) is 1. The third kappa shape index (κ3) is 2.36. The molecule has 6 nitrogen and oxygen atoms in total. The van der Waals surface area contributed by atoms with Gasteiger partial charge in [0.15, 0.2) is 5.17 Å². The average molecular weight is 292 g/mol. The topological polar surface area (TPSA) is 85.5 Å². The van der Waals surface area contributed by atoms with Crippen LogP contribution in [0.15, 0.2) is 4.99 Å². The molecule has 6 atom stereocenters. The summed E-state index contributed by atoms with van der Waals surface area (Å²) in [4.78, 5) is 6.19. The van der Waals surface area contributed by atoms with E-state index in [0.717, 1.165) is 0 Å². The molecule has 3 aliphatic rings. The second-order valence-corrected chi connectivity index (χ2v) is 6.12. The lowest BCUT2D eigenvalue weighted by atomic mass is 9.99. The third-order valence-electron chi connectivity index (χ3n) is 3.73. The molecule has 0 aliphatic carbocycles. The number of aliphatic hydroxyl groups excluding tert-OH is 3. The van der Waals surface area contributed by atoms with E-state index in [1.54, 1.807) is 0 Å². The number of amidine groups is 1. The first-order chi connectivity index (χ1) is 9.10. The lowest BCUT2D eigenvalue weighted by molar-refractivity contribution is -0.164. The monoisotopic (exact) mass is 292 g/mol. The van der Waals surface area contributed by atoms with Gasteiger partial charge in [-0.3, -0.25) is 4.99 Å². The number of hydrogen-bond acceptors (Lipinski definition) is 7. The molecule has 3 rings (SSSR count). The largest absolute Gasteiger partial charge is 0.394 e. The molecule has 3 heterocycles. The second kappa shape index (κ2) is 5.17. The van der Waals surface area contributed by atoms with Gasteiger partial charge in [0.2, 0.25) is 0 Å². The van der Waals surface area contributed by atoms with Crippen LogP contribution in [-0.4, -0.2) is 81.0 Å². The first-order valence-electron chi connectivity index (χ1n) is 6.36. The van der Waals surface area contributed by atoms with Crippen molar-refractivity contribution >= 4 is 16.9 Å². The first-order valence-corrected chi connectivity index (χ1v) is 7.24. The maximum atomic E-state index is 13.2. The van der Waals surface area contributed by atoms with E-state index in [2.05, 4.69) is 4.99 Å². The Morgan fingerprint density at radius 2 is 2.21 bits per heavy atom. The van der Waals surface area contributed by atoms with E-state index in [9.17, 15) is 14.6 Å². The predicted molar refractivity (Wildman–Crippen MR) is 67.7 cm³/mol. The Balaban J connectivity index is 1.72. The van der Waals surface area contributed by atoms with Crippen LogP contribution in [0, 0.1) is 0 Å². The van der Waals surface area contributed by atoms with Crippen LogP contribution in [0.4, 0.5) is 4.39 Å². The number of aliphatic imine (C=N–C) groups is 1. The van der Waals surface area contributed by atoms with Crippen molar-refractivity contribution in [3.63, 3.8) is 0 Å². The van der Waals surface area contributed by atoms with Gasteiger partial charge in [0.1, 0.15) is 36.0 Å². The molecule has 0 unspecified atom stereocenters. The highest BCUT2D eigenvalue weighted by Crippen LogP contribution is 2.38. The summed E-state index contributed by atoms with van der Waals surface area (Å²) in [6.45, 7) is 0.565. The van der Waals surface area contributed by atoms with Gasteiger partial charge in [-0.1, -0.05) is 11.8 Å². The number of rotatable bonds is 1. The van der Waals surface area contributed by atoms with Crippen molar-refractivity contribution in [3.05, 3.63) is 0 Å². The smallest absolute Gasteiger partial charge is 0.162 e. The summed E-state index contributed by atoms with van der Waals surface area (Å²) >= 11 is 1.32. The molecule has 0 radical (unpaired) electrons. The minimum Gasteiger partial charge on any atom is -0.394 e. The molecular formula is C11H17FN2O4S. The van der Waals surface area contributed by atoms with E-state index < -0.39 is 36.0 Å². The zero-order valence-electron chi connectivity index (χ0n) is 10.2. The van der Waals surface area contributed by atoms with E-state index in [1.165, 1.54) is 11.8 Å². The highest BCUT2D eigenvalue weighted by molar-refractivity contribution is 8.14. The average Bonchev–Trinajstić information content (AvgIpc) is 2.99. The zero-order valence-corrected chi connectivity index (χ0v) is 11.0. The molecule has 19 heavy (non-hydrogen) atoms. The fourth-order valence-corrected chi connectivity index (χ4v) is 3.88. The Kier molecular flexibility index (Phi) is 3.69. The van der Waals surface area contributed by atoms with Crippen LogP contribution in [-0.2, 0) is 4.74 Å². The van der Waals surface area contributed by atoms with Gasteiger partial charge in [0, 0.05) is 6.54 Å². The molecular weight excluding hydrogens is 275 g/mol. The molecule has 0 amide bonds. The lowest BCUT2D eigenvalue weighted by Crippen LogP contribution is -2.55. The van der Waals surface area contributed by atoms with Crippen molar-refractivity contribution < 1.29 is 24.4 Å². The molecule has 0 aromatic rings. The summed E-state index contributed by atoms with van der Waals surface area (Å²) in [7, 11) is 0. The standard InChI is InChI=1S/C11H17FN2O4S/c12-5-1-2-14(3-5)11-13-7-9(17)8(16)6(4-15)18-10(7)19-11/h5-10,15-17H,1-4H2/t5-,6+,7+,8-,9+,10+/m0/s1.